The van der Waals surface area contributed by atoms with Crippen molar-refractivity contribution in [3.63, 3.8) is 0 Å². The van der Waals surface area contributed by atoms with E-state index in [9.17, 15) is 9.18 Å². The maximum Gasteiger partial charge on any atom is 0.255 e. The van der Waals surface area contributed by atoms with Crippen molar-refractivity contribution in [2.24, 2.45) is 0 Å². The lowest BCUT2D eigenvalue weighted by Crippen LogP contribution is -2.30. The van der Waals surface area contributed by atoms with E-state index < -0.39 is 5.82 Å². The summed E-state index contributed by atoms with van der Waals surface area (Å²) >= 11 is 1.61. The highest BCUT2D eigenvalue weighted by Crippen LogP contribution is 2.46. The molecule has 1 heterocycles. The van der Waals surface area contributed by atoms with E-state index in [0.29, 0.717) is 23.8 Å². The first kappa shape index (κ1) is 20.1. The van der Waals surface area contributed by atoms with Crippen molar-refractivity contribution in [1.29, 1.82) is 0 Å². The van der Waals surface area contributed by atoms with Crippen LogP contribution in [0.15, 0.2) is 30.3 Å². The summed E-state index contributed by atoms with van der Waals surface area (Å²) in [5, 5.41) is -0.285. The van der Waals surface area contributed by atoms with Gasteiger partial charge in [-0.05, 0) is 24.3 Å². The molecular formula is C20H22FNO5S. The van der Waals surface area contributed by atoms with E-state index in [1.54, 1.807) is 50.1 Å². The molecule has 1 aliphatic heterocycles. The molecular weight excluding hydrogens is 385 g/mol. The number of halogens is 1. The smallest absolute Gasteiger partial charge is 0.255 e. The topological polar surface area (TPSA) is 57.2 Å². The standard InChI is InChI=1S/C20H22FNO5S/c1-24-15-6-5-12(9-14(15)21)19(23)22-7-8-28-20(22)13-10-17(26-3)18(27-4)11-16(13)25-2/h5-6,9-11,20H,7-8H2,1-4H3. The van der Waals surface area contributed by atoms with E-state index in [-0.39, 0.29) is 22.6 Å². The molecule has 1 fully saturated rings. The molecule has 0 aliphatic carbocycles. The van der Waals surface area contributed by atoms with Crippen LogP contribution in [0, 0.1) is 5.82 Å². The van der Waals surface area contributed by atoms with Gasteiger partial charge in [-0.15, -0.1) is 11.8 Å². The van der Waals surface area contributed by atoms with Gasteiger partial charge in [0.2, 0.25) is 0 Å². The Hall–Kier alpha value is -2.61. The number of carbonyl (C=O) groups is 1. The van der Waals surface area contributed by atoms with E-state index >= 15 is 0 Å². The Balaban J connectivity index is 1.97. The van der Waals surface area contributed by atoms with E-state index in [1.807, 2.05) is 6.07 Å². The Morgan fingerprint density at radius 3 is 2.21 bits per heavy atom. The number of nitrogens with zero attached hydrogens (tertiary/aromatic N) is 1. The van der Waals surface area contributed by atoms with Gasteiger partial charge in [-0.25, -0.2) is 4.39 Å². The highest BCUT2D eigenvalue weighted by molar-refractivity contribution is 7.99. The average Bonchev–Trinajstić information content (AvgIpc) is 3.21. The van der Waals surface area contributed by atoms with Crippen LogP contribution in [-0.2, 0) is 0 Å². The molecule has 0 spiro atoms. The summed E-state index contributed by atoms with van der Waals surface area (Å²) in [5.41, 5.74) is 1.07. The van der Waals surface area contributed by atoms with Gasteiger partial charge in [-0.1, -0.05) is 0 Å². The highest BCUT2D eigenvalue weighted by Gasteiger charge is 2.34. The maximum absolute atomic E-state index is 14.1. The summed E-state index contributed by atoms with van der Waals surface area (Å²) in [6.45, 7) is 0.541. The Morgan fingerprint density at radius 2 is 1.61 bits per heavy atom. The van der Waals surface area contributed by atoms with E-state index in [4.69, 9.17) is 18.9 Å². The summed E-state index contributed by atoms with van der Waals surface area (Å²) in [5.74, 6) is 1.72. The van der Waals surface area contributed by atoms with Crippen LogP contribution in [0.2, 0.25) is 0 Å². The molecule has 2 aromatic carbocycles. The van der Waals surface area contributed by atoms with Gasteiger partial charge in [0.25, 0.3) is 5.91 Å². The van der Waals surface area contributed by atoms with Crippen molar-refractivity contribution < 1.29 is 28.1 Å². The number of ether oxygens (including phenoxy) is 4. The van der Waals surface area contributed by atoms with Gasteiger partial charge in [0.05, 0.1) is 28.4 Å². The normalized spacial score (nSPS) is 16.0. The molecule has 28 heavy (non-hydrogen) atoms. The van der Waals surface area contributed by atoms with Gasteiger partial charge in [0.15, 0.2) is 23.1 Å². The Bertz CT molecular complexity index is 876. The minimum Gasteiger partial charge on any atom is -0.496 e. The molecule has 0 aromatic heterocycles. The first-order valence-corrected chi connectivity index (χ1v) is 9.65. The second kappa shape index (κ2) is 8.60. The molecule has 3 rings (SSSR count). The van der Waals surface area contributed by atoms with Crippen LogP contribution in [0.4, 0.5) is 4.39 Å². The van der Waals surface area contributed by atoms with Gasteiger partial charge < -0.3 is 23.8 Å². The second-order valence-electron chi connectivity index (χ2n) is 6.02. The van der Waals surface area contributed by atoms with E-state index in [0.717, 1.165) is 11.3 Å². The number of benzene rings is 2. The van der Waals surface area contributed by atoms with Crippen molar-refractivity contribution in [2.75, 3.05) is 40.7 Å². The molecule has 0 bridgehead atoms. The lowest BCUT2D eigenvalue weighted by molar-refractivity contribution is 0.0758. The number of amides is 1. The molecule has 1 atom stereocenters. The van der Waals surface area contributed by atoms with Gasteiger partial charge in [-0.3, -0.25) is 4.79 Å². The minimum atomic E-state index is -0.569. The molecule has 0 saturated carbocycles. The van der Waals surface area contributed by atoms with Crippen molar-refractivity contribution in [2.45, 2.75) is 5.37 Å². The van der Waals surface area contributed by atoms with Gasteiger partial charge in [-0.2, -0.15) is 0 Å². The summed E-state index contributed by atoms with van der Waals surface area (Å²) in [7, 11) is 6.06. The first-order valence-electron chi connectivity index (χ1n) is 8.60. The molecule has 0 radical (unpaired) electrons. The Labute approximate surface area is 167 Å². The van der Waals surface area contributed by atoms with Crippen molar-refractivity contribution in [3.05, 3.63) is 47.3 Å². The molecule has 150 valence electrons. The van der Waals surface area contributed by atoms with Gasteiger partial charge >= 0.3 is 0 Å². The summed E-state index contributed by atoms with van der Waals surface area (Å²) < 4.78 is 35.2. The Morgan fingerprint density at radius 1 is 0.964 bits per heavy atom. The highest BCUT2D eigenvalue weighted by atomic mass is 32.2. The first-order chi connectivity index (χ1) is 13.5. The SMILES string of the molecule is COc1ccc(C(=O)N2CCSC2c2cc(OC)c(OC)cc2OC)cc1F. The predicted octanol–water partition coefficient (Wildman–Crippen LogP) is 3.75. The molecule has 1 unspecified atom stereocenters. The number of hydrogen-bond donors (Lipinski definition) is 0. The lowest BCUT2D eigenvalue weighted by atomic mass is 10.1. The number of rotatable bonds is 6. The maximum atomic E-state index is 14.1. The number of thioether (sulfide) groups is 1. The van der Waals surface area contributed by atoms with Crippen LogP contribution in [0.25, 0.3) is 0 Å². The quantitative estimate of drug-likeness (QED) is 0.727. The summed E-state index contributed by atoms with van der Waals surface area (Å²) in [6, 6.07) is 7.78. The van der Waals surface area contributed by atoms with Crippen molar-refractivity contribution in [3.8, 4) is 23.0 Å². The molecule has 1 saturated heterocycles. The minimum absolute atomic E-state index is 0.102. The van der Waals surface area contributed by atoms with Gasteiger partial charge in [0.1, 0.15) is 11.1 Å². The van der Waals surface area contributed by atoms with E-state index in [2.05, 4.69) is 0 Å². The lowest BCUT2D eigenvalue weighted by Gasteiger charge is -2.26. The molecule has 0 N–H and O–H groups in total. The Kier molecular flexibility index (Phi) is 6.18. The largest absolute Gasteiger partial charge is 0.496 e. The average molecular weight is 407 g/mol. The fourth-order valence-corrected chi connectivity index (χ4v) is 4.42. The number of methoxy groups -OCH3 is 4. The third-order valence-corrected chi connectivity index (χ3v) is 5.79. The van der Waals surface area contributed by atoms with Gasteiger partial charge in [0, 0.05) is 29.5 Å². The summed E-state index contributed by atoms with van der Waals surface area (Å²) in [4.78, 5) is 14.8. The number of carbonyl (C=O) groups excluding carboxylic acids is 1. The van der Waals surface area contributed by atoms with Crippen LogP contribution in [-0.4, -0.2) is 51.5 Å². The third kappa shape index (κ3) is 3.69. The summed E-state index contributed by atoms with van der Waals surface area (Å²) in [6.07, 6.45) is 0. The van der Waals surface area contributed by atoms with Crippen LogP contribution < -0.4 is 18.9 Å². The fraction of sp³-hybridized carbons (Fsp3) is 0.350. The predicted molar refractivity (Wildman–Crippen MR) is 105 cm³/mol. The van der Waals surface area contributed by atoms with E-state index in [1.165, 1.54) is 19.2 Å². The zero-order valence-electron chi connectivity index (χ0n) is 16.2. The number of hydrogen-bond acceptors (Lipinski definition) is 6. The molecule has 1 aliphatic rings. The van der Waals surface area contributed by atoms with Crippen molar-refractivity contribution >= 4 is 17.7 Å². The fourth-order valence-electron chi connectivity index (χ4n) is 3.15. The van der Waals surface area contributed by atoms with Crippen LogP contribution >= 0.6 is 11.8 Å². The molecule has 1 amide bonds. The zero-order chi connectivity index (χ0) is 20.3. The van der Waals surface area contributed by atoms with Crippen LogP contribution in [0.5, 0.6) is 23.0 Å². The van der Waals surface area contributed by atoms with Crippen molar-refractivity contribution in [1.82, 2.24) is 4.90 Å². The molecule has 8 heteroatoms. The second-order valence-corrected chi connectivity index (χ2v) is 7.21. The molecule has 6 nitrogen and oxygen atoms in total. The monoisotopic (exact) mass is 407 g/mol. The van der Waals surface area contributed by atoms with Crippen LogP contribution in [0.3, 0.4) is 0 Å². The third-order valence-electron chi connectivity index (χ3n) is 4.55. The zero-order valence-corrected chi connectivity index (χ0v) is 17.0. The molecule has 2 aromatic rings. The van der Waals surface area contributed by atoms with Crippen LogP contribution in [0.1, 0.15) is 21.3 Å².